The zero-order valence-corrected chi connectivity index (χ0v) is 14.5. The fourth-order valence-corrected chi connectivity index (χ4v) is 3.03. The largest absolute Gasteiger partial charge is 0.495 e. The molecule has 1 amide bonds. The van der Waals surface area contributed by atoms with Crippen LogP contribution in [0.2, 0.25) is 0 Å². The van der Waals surface area contributed by atoms with Crippen molar-refractivity contribution < 1.29 is 18.3 Å². The minimum Gasteiger partial charge on any atom is -0.495 e. The molecule has 0 atom stereocenters. The van der Waals surface area contributed by atoms with Crippen molar-refractivity contribution in [3.8, 4) is 5.75 Å². The Bertz CT molecular complexity index is 777. The number of rotatable bonds is 5. The smallest absolute Gasteiger partial charge is 0.238 e. The van der Waals surface area contributed by atoms with Gasteiger partial charge in [-0.3, -0.25) is 9.69 Å². The Labute approximate surface area is 151 Å². The van der Waals surface area contributed by atoms with Crippen molar-refractivity contribution in [3.63, 3.8) is 0 Å². The summed E-state index contributed by atoms with van der Waals surface area (Å²) in [7, 11) is 1.55. The van der Waals surface area contributed by atoms with Crippen molar-refractivity contribution in [2.45, 2.75) is 0 Å². The van der Waals surface area contributed by atoms with Crippen molar-refractivity contribution in [3.05, 3.63) is 54.1 Å². The van der Waals surface area contributed by atoms with Gasteiger partial charge in [0.25, 0.3) is 0 Å². The van der Waals surface area contributed by atoms with Gasteiger partial charge in [-0.05, 0) is 24.3 Å². The molecule has 0 unspecified atom stereocenters. The first-order valence-electron chi connectivity index (χ1n) is 8.42. The molecule has 2 aromatic rings. The van der Waals surface area contributed by atoms with E-state index < -0.39 is 11.6 Å². The molecule has 26 heavy (non-hydrogen) atoms. The second kappa shape index (κ2) is 8.14. The van der Waals surface area contributed by atoms with Gasteiger partial charge in [-0.25, -0.2) is 8.78 Å². The van der Waals surface area contributed by atoms with Gasteiger partial charge in [0, 0.05) is 32.2 Å². The topological polar surface area (TPSA) is 44.8 Å². The van der Waals surface area contributed by atoms with E-state index in [0.717, 1.165) is 6.07 Å². The van der Waals surface area contributed by atoms with Crippen LogP contribution >= 0.6 is 0 Å². The minimum atomic E-state index is -0.585. The lowest BCUT2D eigenvalue weighted by Crippen LogP contribution is -2.48. The summed E-state index contributed by atoms with van der Waals surface area (Å²) in [5.41, 5.74) is 1.02. The molecule has 1 fully saturated rings. The van der Waals surface area contributed by atoms with Crippen LogP contribution in [0.5, 0.6) is 5.75 Å². The third-order valence-corrected chi connectivity index (χ3v) is 4.37. The monoisotopic (exact) mass is 361 g/mol. The van der Waals surface area contributed by atoms with E-state index in [2.05, 4.69) is 5.32 Å². The van der Waals surface area contributed by atoms with Gasteiger partial charge in [-0.2, -0.15) is 0 Å². The van der Waals surface area contributed by atoms with E-state index in [-0.39, 0.29) is 12.5 Å². The van der Waals surface area contributed by atoms with Crippen molar-refractivity contribution in [1.29, 1.82) is 0 Å². The number of ether oxygens (including phenoxy) is 1. The molecule has 1 saturated heterocycles. The lowest BCUT2D eigenvalue weighted by Gasteiger charge is -2.35. The number of halogens is 2. The number of carbonyl (C=O) groups excluding carboxylic acids is 1. The van der Waals surface area contributed by atoms with Crippen LogP contribution < -0.4 is 15.0 Å². The number of carbonyl (C=O) groups is 1. The minimum absolute atomic E-state index is 0.129. The highest BCUT2D eigenvalue weighted by molar-refractivity contribution is 5.93. The highest BCUT2D eigenvalue weighted by Crippen LogP contribution is 2.23. The Morgan fingerprint density at radius 3 is 2.54 bits per heavy atom. The number of nitrogens with zero attached hydrogens (tertiary/aromatic N) is 2. The van der Waals surface area contributed by atoms with Gasteiger partial charge < -0.3 is 15.0 Å². The van der Waals surface area contributed by atoms with Crippen LogP contribution in [0.1, 0.15) is 0 Å². The van der Waals surface area contributed by atoms with Gasteiger partial charge in [0.1, 0.15) is 17.4 Å². The maximum Gasteiger partial charge on any atom is 0.238 e. The number of amides is 1. The van der Waals surface area contributed by atoms with Crippen molar-refractivity contribution in [1.82, 2.24) is 4.90 Å². The Kier molecular flexibility index (Phi) is 5.68. The van der Waals surface area contributed by atoms with Crippen LogP contribution in [0.3, 0.4) is 0 Å². The van der Waals surface area contributed by atoms with E-state index in [9.17, 15) is 13.6 Å². The summed E-state index contributed by atoms with van der Waals surface area (Å²) in [6, 6.07) is 10.8. The third kappa shape index (κ3) is 4.29. The molecule has 7 heteroatoms. The van der Waals surface area contributed by atoms with Crippen molar-refractivity contribution in [2.75, 3.05) is 50.1 Å². The molecule has 0 spiro atoms. The summed E-state index contributed by atoms with van der Waals surface area (Å²) in [5, 5.41) is 2.85. The molecular formula is C19H21F2N3O2. The standard InChI is InChI=1S/C19H21F2N3O2/c1-26-18-5-3-2-4-16(18)22-19(25)13-23-8-10-24(11-9-23)17-7-6-14(20)12-15(17)21/h2-7,12H,8-11,13H2,1H3,(H,22,25). The molecule has 0 aromatic heterocycles. The van der Waals surface area contributed by atoms with Crippen LogP contribution in [-0.4, -0.2) is 50.6 Å². The second-order valence-electron chi connectivity index (χ2n) is 6.11. The van der Waals surface area contributed by atoms with E-state index in [1.54, 1.807) is 19.2 Å². The van der Waals surface area contributed by atoms with E-state index in [1.165, 1.54) is 12.1 Å². The molecule has 3 rings (SSSR count). The second-order valence-corrected chi connectivity index (χ2v) is 6.11. The van der Waals surface area contributed by atoms with Crippen LogP contribution in [-0.2, 0) is 4.79 Å². The molecule has 0 radical (unpaired) electrons. The first-order valence-corrected chi connectivity index (χ1v) is 8.42. The Hall–Kier alpha value is -2.67. The predicted octanol–water partition coefficient (Wildman–Crippen LogP) is 2.73. The van der Waals surface area contributed by atoms with E-state index in [4.69, 9.17) is 4.74 Å². The SMILES string of the molecule is COc1ccccc1NC(=O)CN1CCN(c2ccc(F)cc2F)CC1. The Morgan fingerprint density at radius 1 is 1.12 bits per heavy atom. The van der Waals surface area contributed by atoms with E-state index >= 15 is 0 Å². The van der Waals surface area contributed by atoms with Crippen LogP contribution in [0.15, 0.2) is 42.5 Å². The molecular weight excluding hydrogens is 340 g/mol. The summed E-state index contributed by atoms with van der Waals surface area (Å²) in [4.78, 5) is 16.1. The van der Waals surface area contributed by atoms with Gasteiger partial charge in [-0.1, -0.05) is 12.1 Å². The molecule has 1 aliphatic heterocycles. The number of hydrogen-bond donors (Lipinski definition) is 1. The summed E-state index contributed by atoms with van der Waals surface area (Å²) in [5.74, 6) is -0.668. The molecule has 0 bridgehead atoms. The summed E-state index contributed by atoms with van der Waals surface area (Å²) >= 11 is 0. The van der Waals surface area contributed by atoms with Gasteiger partial charge in [0.15, 0.2) is 0 Å². The first-order chi connectivity index (χ1) is 12.6. The van der Waals surface area contributed by atoms with Crippen molar-refractivity contribution in [2.24, 2.45) is 0 Å². The van der Waals surface area contributed by atoms with Crippen LogP contribution in [0.25, 0.3) is 0 Å². The zero-order chi connectivity index (χ0) is 18.5. The van der Waals surface area contributed by atoms with Gasteiger partial charge in [-0.15, -0.1) is 0 Å². The number of para-hydroxylation sites is 2. The fraction of sp³-hybridized carbons (Fsp3) is 0.316. The van der Waals surface area contributed by atoms with Gasteiger partial charge in [0.05, 0.1) is 25.0 Å². The fourth-order valence-electron chi connectivity index (χ4n) is 3.03. The molecule has 1 aliphatic rings. The average molecular weight is 361 g/mol. The van der Waals surface area contributed by atoms with Gasteiger partial charge >= 0.3 is 0 Å². The summed E-state index contributed by atoms with van der Waals surface area (Å²) in [6.07, 6.45) is 0. The third-order valence-electron chi connectivity index (χ3n) is 4.37. The lowest BCUT2D eigenvalue weighted by molar-refractivity contribution is -0.117. The number of nitrogens with one attached hydrogen (secondary N) is 1. The number of hydrogen-bond acceptors (Lipinski definition) is 4. The number of piperazine rings is 1. The molecule has 2 aromatic carbocycles. The molecule has 0 saturated carbocycles. The van der Waals surface area contributed by atoms with Crippen LogP contribution in [0.4, 0.5) is 20.2 Å². The molecule has 1 N–H and O–H groups in total. The maximum atomic E-state index is 13.9. The Morgan fingerprint density at radius 2 is 1.85 bits per heavy atom. The highest BCUT2D eigenvalue weighted by atomic mass is 19.1. The molecule has 138 valence electrons. The molecule has 1 heterocycles. The Balaban J connectivity index is 1.53. The molecule has 0 aliphatic carbocycles. The number of methoxy groups -OCH3 is 1. The quantitative estimate of drug-likeness (QED) is 0.890. The first kappa shape index (κ1) is 18.1. The lowest BCUT2D eigenvalue weighted by atomic mass is 10.2. The maximum absolute atomic E-state index is 13.9. The summed E-state index contributed by atoms with van der Waals surface area (Å²) in [6.45, 7) is 2.64. The summed E-state index contributed by atoms with van der Waals surface area (Å²) < 4.78 is 32.1. The number of anilines is 2. The number of benzene rings is 2. The van der Waals surface area contributed by atoms with E-state index in [0.29, 0.717) is 43.3 Å². The molecule has 5 nitrogen and oxygen atoms in total. The van der Waals surface area contributed by atoms with Gasteiger partial charge in [0.2, 0.25) is 5.91 Å². The zero-order valence-electron chi connectivity index (χ0n) is 14.5. The highest BCUT2D eigenvalue weighted by Gasteiger charge is 2.21. The van der Waals surface area contributed by atoms with Crippen LogP contribution in [0, 0.1) is 11.6 Å². The average Bonchev–Trinajstić information content (AvgIpc) is 2.63. The predicted molar refractivity (Wildman–Crippen MR) is 96.6 cm³/mol. The normalized spacial score (nSPS) is 15.0. The van der Waals surface area contributed by atoms with E-state index in [1.807, 2.05) is 21.9 Å². The van der Waals surface area contributed by atoms with Crippen molar-refractivity contribution >= 4 is 17.3 Å².